The van der Waals surface area contributed by atoms with Crippen LogP contribution in [0.15, 0.2) is 18.5 Å². The SMILES string of the molecule is C[C@@H]1C[C@@H](C(=O)NC(CC2CC2)C(=O)C(N)=O)N(C(=O)[C@@H](NC(=O)N[C@H](CN2C(=O)c3ccncc3C2=O)C(C)(C)C)C(C)(C)C)C1. The molecule has 3 aliphatic rings. The molecule has 14 nitrogen and oxygen atoms in total. The Kier molecular flexibility index (Phi) is 10.1. The Morgan fingerprint density at radius 1 is 0.957 bits per heavy atom. The number of Topliss-reactive ketones (excluding diaryl/α,β-unsaturated/α-hetero) is 1. The zero-order valence-corrected chi connectivity index (χ0v) is 28.2. The Labute approximate surface area is 274 Å². The summed E-state index contributed by atoms with van der Waals surface area (Å²) < 4.78 is 0. The maximum absolute atomic E-state index is 14.1. The molecular formula is C33H47N7O7. The summed E-state index contributed by atoms with van der Waals surface area (Å²) in [6.45, 7) is 13.0. The van der Waals surface area contributed by atoms with Crippen molar-refractivity contribution in [1.82, 2.24) is 30.7 Å². The highest BCUT2D eigenvalue weighted by Gasteiger charge is 2.46. The van der Waals surface area contributed by atoms with E-state index in [-0.39, 0.29) is 36.1 Å². The van der Waals surface area contributed by atoms with Crippen LogP contribution in [0, 0.1) is 22.7 Å². The molecule has 5 N–H and O–H groups in total. The summed E-state index contributed by atoms with van der Waals surface area (Å²) in [5, 5.41) is 8.35. The fourth-order valence-corrected chi connectivity index (χ4v) is 6.06. The summed E-state index contributed by atoms with van der Waals surface area (Å²) in [6, 6.07) is -2.93. The molecule has 1 aliphatic carbocycles. The van der Waals surface area contributed by atoms with E-state index in [4.69, 9.17) is 5.73 Å². The van der Waals surface area contributed by atoms with Crippen LogP contribution in [0.5, 0.6) is 0 Å². The molecule has 7 amide bonds. The number of nitrogens with one attached hydrogen (secondary N) is 3. The third-order valence-corrected chi connectivity index (χ3v) is 9.11. The first-order valence-corrected chi connectivity index (χ1v) is 16.1. The van der Waals surface area contributed by atoms with Gasteiger partial charge in [-0.25, -0.2) is 4.79 Å². The number of aromatic nitrogens is 1. The third kappa shape index (κ3) is 8.14. The van der Waals surface area contributed by atoms with Gasteiger partial charge in [0, 0.05) is 18.9 Å². The van der Waals surface area contributed by atoms with Gasteiger partial charge < -0.3 is 26.6 Å². The summed E-state index contributed by atoms with van der Waals surface area (Å²) in [4.78, 5) is 97.9. The van der Waals surface area contributed by atoms with Crippen molar-refractivity contribution in [2.45, 2.75) is 98.3 Å². The number of urea groups is 1. The number of pyridine rings is 1. The van der Waals surface area contributed by atoms with Crippen molar-refractivity contribution in [1.29, 1.82) is 0 Å². The van der Waals surface area contributed by atoms with E-state index in [2.05, 4.69) is 20.9 Å². The van der Waals surface area contributed by atoms with Gasteiger partial charge in [0.25, 0.3) is 17.7 Å². The lowest BCUT2D eigenvalue weighted by Crippen LogP contribution is -2.62. The average molecular weight is 654 g/mol. The van der Waals surface area contributed by atoms with Gasteiger partial charge in [-0.05, 0) is 41.6 Å². The maximum atomic E-state index is 14.1. The largest absolute Gasteiger partial charge is 0.363 e. The van der Waals surface area contributed by atoms with Crippen LogP contribution >= 0.6 is 0 Å². The van der Waals surface area contributed by atoms with Gasteiger partial charge in [0.05, 0.1) is 29.8 Å². The van der Waals surface area contributed by atoms with Crippen molar-refractivity contribution < 1.29 is 33.6 Å². The number of primary amides is 1. The Bertz CT molecular complexity index is 1420. The molecule has 0 radical (unpaired) electrons. The highest BCUT2D eigenvalue weighted by molar-refractivity contribution is 6.37. The average Bonchev–Trinajstić information content (AvgIpc) is 3.66. The lowest BCUT2D eigenvalue weighted by Gasteiger charge is -2.37. The van der Waals surface area contributed by atoms with Crippen LogP contribution in [0.2, 0.25) is 0 Å². The smallest absolute Gasteiger partial charge is 0.315 e. The molecule has 1 saturated carbocycles. The number of hydrogen-bond acceptors (Lipinski definition) is 8. The molecule has 1 aromatic rings. The number of imide groups is 1. The van der Waals surface area contributed by atoms with Gasteiger partial charge in [-0.15, -0.1) is 0 Å². The lowest BCUT2D eigenvalue weighted by atomic mass is 9.85. The summed E-state index contributed by atoms with van der Waals surface area (Å²) in [7, 11) is 0. The molecule has 256 valence electrons. The first kappa shape index (κ1) is 35.5. The van der Waals surface area contributed by atoms with Crippen LogP contribution < -0.4 is 21.7 Å². The molecular weight excluding hydrogens is 606 g/mol. The van der Waals surface area contributed by atoms with Crippen molar-refractivity contribution in [3.05, 3.63) is 29.6 Å². The topological polar surface area (TPSA) is 201 Å². The second-order valence-corrected chi connectivity index (χ2v) is 15.3. The molecule has 47 heavy (non-hydrogen) atoms. The van der Waals surface area contributed by atoms with Crippen LogP contribution in [-0.4, -0.2) is 93.4 Å². The van der Waals surface area contributed by atoms with Crippen LogP contribution in [-0.2, 0) is 19.2 Å². The van der Waals surface area contributed by atoms with E-state index in [9.17, 15) is 33.6 Å². The molecule has 0 bridgehead atoms. The number of fused-ring (bicyclic) bond motifs is 1. The molecule has 14 heteroatoms. The quantitative estimate of drug-likeness (QED) is 0.203. The van der Waals surface area contributed by atoms with E-state index in [0.29, 0.717) is 12.8 Å². The number of hydrogen-bond donors (Lipinski definition) is 4. The van der Waals surface area contributed by atoms with Crippen LogP contribution in [0.25, 0.3) is 0 Å². The number of nitrogens with zero attached hydrogens (tertiary/aromatic N) is 3. The molecule has 4 rings (SSSR count). The van der Waals surface area contributed by atoms with E-state index < -0.39 is 76.3 Å². The number of rotatable bonds is 11. The second-order valence-electron chi connectivity index (χ2n) is 15.3. The highest BCUT2D eigenvalue weighted by atomic mass is 16.2. The predicted octanol–water partition coefficient (Wildman–Crippen LogP) is 1.38. The zero-order chi connectivity index (χ0) is 35.0. The minimum Gasteiger partial charge on any atom is -0.363 e. The highest BCUT2D eigenvalue weighted by Crippen LogP contribution is 2.34. The normalized spacial score (nSPS) is 21.5. The number of amides is 7. The van der Waals surface area contributed by atoms with E-state index in [1.165, 1.54) is 23.4 Å². The van der Waals surface area contributed by atoms with E-state index >= 15 is 0 Å². The lowest BCUT2D eigenvalue weighted by molar-refractivity contribution is -0.143. The van der Waals surface area contributed by atoms with Crippen LogP contribution in [0.4, 0.5) is 4.79 Å². The van der Waals surface area contributed by atoms with Crippen molar-refractivity contribution in [2.75, 3.05) is 13.1 Å². The maximum Gasteiger partial charge on any atom is 0.315 e. The van der Waals surface area contributed by atoms with Gasteiger partial charge in [0.2, 0.25) is 17.6 Å². The Balaban J connectivity index is 1.48. The van der Waals surface area contributed by atoms with E-state index in [0.717, 1.165) is 17.7 Å². The van der Waals surface area contributed by atoms with Gasteiger partial charge in [0.15, 0.2) is 0 Å². The fraction of sp³-hybridized carbons (Fsp3) is 0.636. The summed E-state index contributed by atoms with van der Waals surface area (Å²) in [6.07, 6.45) is 5.22. The Hall–Kier alpha value is -4.36. The van der Waals surface area contributed by atoms with Crippen molar-refractivity contribution >= 4 is 41.4 Å². The minimum atomic E-state index is -1.12. The van der Waals surface area contributed by atoms with Crippen molar-refractivity contribution in [2.24, 2.45) is 28.4 Å². The molecule has 2 aliphatic heterocycles. The van der Waals surface area contributed by atoms with Crippen molar-refractivity contribution in [3.8, 4) is 0 Å². The third-order valence-electron chi connectivity index (χ3n) is 9.11. The molecule has 1 unspecified atom stereocenters. The Morgan fingerprint density at radius 2 is 1.60 bits per heavy atom. The first-order valence-electron chi connectivity index (χ1n) is 16.1. The van der Waals surface area contributed by atoms with Gasteiger partial charge in [-0.3, -0.25) is 38.7 Å². The second kappa shape index (κ2) is 13.4. The number of likely N-dealkylation sites (tertiary alicyclic amines) is 1. The predicted molar refractivity (Wildman–Crippen MR) is 171 cm³/mol. The molecule has 2 fully saturated rings. The zero-order valence-electron chi connectivity index (χ0n) is 28.2. The fourth-order valence-electron chi connectivity index (χ4n) is 6.06. The number of carbonyl (C=O) groups excluding carboxylic acids is 7. The Morgan fingerprint density at radius 3 is 2.15 bits per heavy atom. The van der Waals surface area contributed by atoms with Crippen LogP contribution in [0.1, 0.15) is 94.9 Å². The number of nitrogens with two attached hydrogens (primary N) is 1. The molecule has 5 atom stereocenters. The first-order chi connectivity index (χ1) is 21.8. The van der Waals surface area contributed by atoms with Crippen LogP contribution in [0.3, 0.4) is 0 Å². The van der Waals surface area contributed by atoms with Gasteiger partial charge in [-0.1, -0.05) is 61.3 Å². The van der Waals surface area contributed by atoms with Crippen molar-refractivity contribution in [3.63, 3.8) is 0 Å². The standard InChI is InChI=1S/C33H47N7O7/c1-17-12-22(27(43)36-21(13-18-8-9-18)24(41)26(34)42)39(15-17)30(46)25(33(5,6)7)38-31(47)37-23(32(2,3)4)16-40-28(44)19-10-11-35-14-20(19)29(40)45/h10-11,14,17-18,21-23,25H,8-9,12-13,15-16H2,1-7H3,(H2,34,42)(H,36,43)(H2,37,38,47)/t17-,21?,22+,23-,25-/m1/s1. The molecule has 3 heterocycles. The minimum absolute atomic E-state index is 0.0435. The summed E-state index contributed by atoms with van der Waals surface area (Å²) in [5.41, 5.74) is 4.31. The van der Waals surface area contributed by atoms with Gasteiger partial charge in [-0.2, -0.15) is 0 Å². The van der Waals surface area contributed by atoms with Gasteiger partial charge >= 0.3 is 6.03 Å². The number of carbonyl (C=O) groups is 7. The summed E-state index contributed by atoms with van der Waals surface area (Å²) in [5.74, 6) is -3.81. The summed E-state index contributed by atoms with van der Waals surface area (Å²) >= 11 is 0. The molecule has 0 spiro atoms. The monoisotopic (exact) mass is 653 g/mol. The number of ketones is 1. The van der Waals surface area contributed by atoms with E-state index in [1.54, 1.807) is 20.8 Å². The molecule has 1 aromatic heterocycles. The molecule has 1 saturated heterocycles. The van der Waals surface area contributed by atoms with E-state index in [1.807, 2.05) is 27.7 Å². The van der Waals surface area contributed by atoms with Gasteiger partial charge in [0.1, 0.15) is 12.1 Å². The molecule has 0 aromatic carbocycles.